The normalized spacial score (nSPS) is 12.9. The van der Waals surface area contributed by atoms with E-state index in [1.54, 1.807) is 0 Å². The number of carbonyl (C=O) groups excluding carboxylic acids is 2. The second kappa shape index (κ2) is 43.4. The van der Waals surface area contributed by atoms with Crippen LogP contribution in [0.2, 0.25) is 0 Å². The van der Waals surface area contributed by atoms with Crippen molar-refractivity contribution in [3.8, 4) is 0 Å². The fourth-order valence-corrected chi connectivity index (χ4v) is 4.07. The minimum absolute atomic E-state index is 0.236. The number of nitrogens with two attached hydrogens (primary N) is 1. The first-order valence-electron chi connectivity index (χ1n) is 19.2. The van der Waals surface area contributed by atoms with Gasteiger partial charge in [0.2, 0.25) is 0 Å². The van der Waals surface area contributed by atoms with Gasteiger partial charge in [0.15, 0.2) is 0 Å². The van der Waals surface area contributed by atoms with Crippen LogP contribution in [-0.2, 0) is 80.6 Å². The van der Waals surface area contributed by atoms with Crippen molar-refractivity contribution >= 4 is 11.8 Å². The summed E-state index contributed by atoms with van der Waals surface area (Å²) in [6, 6.07) is 0. The van der Waals surface area contributed by atoms with E-state index in [1.165, 1.54) is 12.2 Å². The molecule has 2 N–H and O–H groups in total. The first kappa shape index (κ1) is 51.3. The standard InChI is InChI=1S/C36H68N2O17/c37-3-5-41-7-9-43-11-13-45-15-17-47-19-21-49-23-25-51-27-29-53-31-33-55-34-32-54-30-28-52-26-24-50-22-20-48-18-16-46-14-12-44-10-8-42-6-4-38-35(39)1-2-36(38)40/h1-2H,3-34,37H2. The van der Waals surface area contributed by atoms with Crippen molar-refractivity contribution in [1.29, 1.82) is 0 Å². The largest absolute Gasteiger partial charge is 0.378 e. The van der Waals surface area contributed by atoms with Gasteiger partial charge in [0.05, 0.1) is 205 Å². The summed E-state index contributed by atoms with van der Waals surface area (Å²) in [7, 11) is 0. The van der Waals surface area contributed by atoms with E-state index >= 15 is 0 Å². The lowest BCUT2D eigenvalue weighted by molar-refractivity contribution is -0.137. The molecule has 55 heavy (non-hydrogen) atoms. The molecular weight excluding hydrogens is 732 g/mol. The molecule has 0 aromatic carbocycles. The van der Waals surface area contributed by atoms with Gasteiger partial charge in [-0.25, -0.2) is 0 Å². The molecule has 324 valence electrons. The highest BCUT2D eigenvalue weighted by molar-refractivity contribution is 6.12. The number of ether oxygens (including phenoxy) is 15. The van der Waals surface area contributed by atoms with Gasteiger partial charge in [-0.1, -0.05) is 0 Å². The summed E-state index contributed by atoms with van der Waals surface area (Å²) in [5, 5.41) is 0. The Hall–Kier alpha value is -1.76. The van der Waals surface area contributed by atoms with Crippen molar-refractivity contribution < 1.29 is 80.6 Å². The monoisotopic (exact) mass is 800 g/mol. The Bertz CT molecular complexity index is 843. The van der Waals surface area contributed by atoms with Crippen LogP contribution in [0.1, 0.15) is 0 Å². The highest BCUT2D eigenvalue weighted by atomic mass is 16.6. The Morgan fingerprint density at radius 3 is 0.636 bits per heavy atom. The van der Waals surface area contributed by atoms with Crippen molar-refractivity contribution in [2.24, 2.45) is 5.73 Å². The predicted molar refractivity (Wildman–Crippen MR) is 197 cm³/mol. The Labute approximate surface area is 326 Å². The molecule has 0 fully saturated rings. The zero-order valence-corrected chi connectivity index (χ0v) is 32.7. The van der Waals surface area contributed by atoms with Crippen LogP contribution in [0.4, 0.5) is 0 Å². The molecule has 0 aromatic rings. The van der Waals surface area contributed by atoms with E-state index in [1.807, 2.05) is 0 Å². The summed E-state index contributed by atoms with van der Waals surface area (Å²) in [6.07, 6.45) is 2.51. The van der Waals surface area contributed by atoms with Gasteiger partial charge in [-0.15, -0.1) is 0 Å². The van der Waals surface area contributed by atoms with Crippen molar-refractivity contribution in [1.82, 2.24) is 4.90 Å². The number of carbonyl (C=O) groups is 2. The third-order valence-corrected chi connectivity index (χ3v) is 6.83. The number of amides is 2. The Morgan fingerprint density at radius 2 is 0.455 bits per heavy atom. The highest BCUT2D eigenvalue weighted by Crippen LogP contribution is 2.02. The van der Waals surface area contributed by atoms with Gasteiger partial charge in [0.25, 0.3) is 11.8 Å². The molecule has 0 saturated carbocycles. The molecule has 0 saturated heterocycles. The molecule has 1 heterocycles. The average molecular weight is 801 g/mol. The zero-order valence-electron chi connectivity index (χ0n) is 32.7. The molecule has 2 amide bonds. The molecule has 19 nitrogen and oxygen atoms in total. The third kappa shape index (κ3) is 37.6. The molecule has 0 spiro atoms. The second-order valence-corrected chi connectivity index (χ2v) is 11.1. The van der Waals surface area contributed by atoms with Gasteiger partial charge in [0, 0.05) is 18.7 Å². The lowest BCUT2D eigenvalue weighted by Gasteiger charge is -2.13. The predicted octanol–water partition coefficient (Wildman–Crippen LogP) is -0.881. The Morgan fingerprint density at radius 1 is 0.291 bits per heavy atom. The van der Waals surface area contributed by atoms with Gasteiger partial charge >= 0.3 is 0 Å². The maximum absolute atomic E-state index is 11.4. The smallest absolute Gasteiger partial charge is 0.253 e. The Balaban J connectivity index is 1.60. The molecule has 0 bridgehead atoms. The van der Waals surface area contributed by atoms with Gasteiger partial charge in [-0.05, 0) is 0 Å². The van der Waals surface area contributed by atoms with Crippen molar-refractivity contribution in [3.05, 3.63) is 12.2 Å². The SMILES string of the molecule is NCCOCCOCCOCCOCCOCCOCCOCCOCCOCCOCCOCCOCCOCCOCCOCCN1C(=O)C=CC1=O. The lowest BCUT2D eigenvalue weighted by Crippen LogP contribution is -2.33. The van der Waals surface area contributed by atoms with E-state index in [2.05, 4.69) is 0 Å². The topological polar surface area (TPSA) is 202 Å². The summed E-state index contributed by atoms with van der Waals surface area (Å²) in [6.45, 7) is 15.1. The molecule has 0 radical (unpaired) electrons. The molecule has 1 aliphatic rings. The number of nitrogens with zero attached hydrogens (tertiary/aromatic N) is 1. The van der Waals surface area contributed by atoms with E-state index in [0.717, 1.165) is 4.90 Å². The first-order chi connectivity index (χ1) is 27.3. The summed E-state index contributed by atoms with van der Waals surface area (Å²) >= 11 is 0. The Kier molecular flexibility index (Phi) is 40.4. The summed E-state index contributed by atoms with van der Waals surface area (Å²) in [4.78, 5) is 24.0. The highest BCUT2D eigenvalue weighted by Gasteiger charge is 2.22. The molecule has 0 aliphatic carbocycles. The molecule has 1 rings (SSSR count). The van der Waals surface area contributed by atoms with Crippen LogP contribution in [0.3, 0.4) is 0 Å². The maximum atomic E-state index is 11.4. The second-order valence-electron chi connectivity index (χ2n) is 11.1. The maximum Gasteiger partial charge on any atom is 0.253 e. The molecule has 0 aromatic heterocycles. The van der Waals surface area contributed by atoms with Crippen LogP contribution in [0, 0.1) is 0 Å². The molecule has 1 aliphatic heterocycles. The first-order valence-corrected chi connectivity index (χ1v) is 19.2. The van der Waals surface area contributed by atoms with Gasteiger partial charge < -0.3 is 76.8 Å². The zero-order chi connectivity index (χ0) is 39.4. The van der Waals surface area contributed by atoms with E-state index in [4.69, 9.17) is 76.8 Å². The van der Waals surface area contributed by atoms with E-state index in [-0.39, 0.29) is 25.0 Å². The fourth-order valence-electron chi connectivity index (χ4n) is 4.07. The summed E-state index contributed by atoms with van der Waals surface area (Å²) in [5.41, 5.74) is 5.33. The van der Waals surface area contributed by atoms with Crippen LogP contribution in [0.15, 0.2) is 12.2 Å². The number of hydrogen-bond donors (Lipinski definition) is 1. The van der Waals surface area contributed by atoms with Crippen molar-refractivity contribution in [2.45, 2.75) is 0 Å². The van der Waals surface area contributed by atoms with E-state index < -0.39 is 0 Å². The third-order valence-electron chi connectivity index (χ3n) is 6.83. The number of hydrogen-bond acceptors (Lipinski definition) is 18. The number of rotatable bonds is 47. The van der Waals surface area contributed by atoms with Crippen LogP contribution in [-0.4, -0.2) is 228 Å². The fraction of sp³-hybridized carbons (Fsp3) is 0.889. The molecular formula is C36H68N2O17. The molecule has 0 atom stereocenters. The van der Waals surface area contributed by atoms with Crippen LogP contribution in [0.25, 0.3) is 0 Å². The van der Waals surface area contributed by atoms with Crippen LogP contribution < -0.4 is 5.73 Å². The van der Waals surface area contributed by atoms with Crippen LogP contribution in [0.5, 0.6) is 0 Å². The molecule has 19 heteroatoms. The van der Waals surface area contributed by atoms with Crippen molar-refractivity contribution in [3.63, 3.8) is 0 Å². The minimum Gasteiger partial charge on any atom is -0.378 e. The van der Waals surface area contributed by atoms with Gasteiger partial charge in [0.1, 0.15) is 0 Å². The average Bonchev–Trinajstić information content (AvgIpc) is 3.51. The van der Waals surface area contributed by atoms with Gasteiger partial charge in [-0.2, -0.15) is 0 Å². The van der Waals surface area contributed by atoms with E-state index in [9.17, 15) is 9.59 Å². The number of imide groups is 1. The summed E-state index contributed by atoms with van der Waals surface area (Å²) < 4.78 is 81.5. The lowest BCUT2D eigenvalue weighted by atomic mass is 10.5. The van der Waals surface area contributed by atoms with Crippen LogP contribution >= 0.6 is 0 Å². The summed E-state index contributed by atoms with van der Waals surface area (Å²) in [5.74, 6) is -0.619. The molecule has 0 unspecified atom stereocenters. The van der Waals surface area contributed by atoms with Gasteiger partial charge in [-0.3, -0.25) is 14.5 Å². The van der Waals surface area contributed by atoms with E-state index in [0.29, 0.717) is 198 Å². The van der Waals surface area contributed by atoms with Crippen molar-refractivity contribution in [2.75, 3.05) is 211 Å². The quantitative estimate of drug-likeness (QED) is 0.0587. The minimum atomic E-state index is -0.309.